The second-order valence-corrected chi connectivity index (χ2v) is 7.75. The van der Waals surface area contributed by atoms with E-state index in [2.05, 4.69) is 20.4 Å². The highest BCUT2D eigenvalue weighted by molar-refractivity contribution is 5.93. The molecule has 0 spiro atoms. The number of aromatic nitrogens is 4. The van der Waals surface area contributed by atoms with E-state index in [1.54, 1.807) is 6.07 Å². The number of hydrogen-bond acceptors (Lipinski definition) is 5. The molecular weight excluding hydrogens is 468 g/mol. The molecule has 1 aliphatic carbocycles. The molecule has 3 aromatic rings. The number of rotatable bonds is 5. The van der Waals surface area contributed by atoms with Crippen molar-refractivity contribution in [2.75, 3.05) is 7.11 Å². The van der Waals surface area contributed by atoms with Crippen molar-refractivity contribution < 1.29 is 35.9 Å². The lowest BCUT2D eigenvalue weighted by Crippen LogP contribution is -2.36. The number of nitrogens with one attached hydrogen (secondary N) is 1. The van der Waals surface area contributed by atoms with Gasteiger partial charge in [-0.25, -0.2) is 4.98 Å². The summed E-state index contributed by atoms with van der Waals surface area (Å²) in [7, 11) is 2.54. The van der Waals surface area contributed by atoms with Gasteiger partial charge in [0, 0.05) is 30.4 Å². The number of amides is 1. The van der Waals surface area contributed by atoms with Gasteiger partial charge in [-0.15, -0.1) is 0 Å². The van der Waals surface area contributed by atoms with E-state index >= 15 is 0 Å². The van der Waals surface area contributed by atoms with Crippen molar-refractivity contribution in [1.82, 2.24) is 25.1 Å². The van der Waals surface area contributed by atoms with Gasteiger partial charge in [0.25, 0.3) is 5.91 Å². The van der Waals surface area contributed by atoms with Crippen molar-refractivity contribution >= 4 is 5.91 Å². The smallest absolute Gasteiger partial charge is 0.435 e. The fraction of sp³-hybridized carbons (Fsp3) is 0.333. The maximum Gasteiger partial charge on any atom is 0.435 e. The Morgan fingerprint density at radius 1 is 1.06 bits per heavy atom. The molecule has 3 heterocycles. The molecule has 13 heteroatoms. The van der Waals surface area contributed by atoms with Gasteiger partial charge in [0.2, 0.25) is 5.88 Å². The summed E-state index contributed by atoms with van der Waals surface area (Å²) in [5.41, 5.74) is -2.67. The van der Waals surface area contributed by atoms with Gasteiger partial charge in [-0.3, -0.25) is 14.5 Å². The molecule has 1 amide bonds. The first-order valence-corrected chi connectivity index (χ1v) is 9.87. The normalized spacial score (nSPS) is 15.2. The van der Waals surface area contributed by atoms with Crippen molar-refractivity contribution in [2.45, 2.75) is 30.7 Å². The number of ether oxygens (including phenoxy) is 1. The lowest BCUT2D eigenvalue weighted by atomic mass is 10.0. The first-order chi connectivity index (χ1) is 15.8. The minimum Gasteiger partial charge on any atom is -0.481 e. The van der Waals surface area contributed by atoms with Crippen molar-refractivity contribution in [2.24, 2.45) is 7.05 Å². The van der Waals surface area contributed by atoms with Crippen molar-refractivity contribution in [3.63, 3.8) is 0 Å². The minimum atomic E-state index is -4.70. The van der Waals surface area contributed by atoms with Crippen LogP contribution in [0.3, 0.4) is 0 Å². The number of alkyl halides is 6. The third-order valence-corrected chi connectivity index (χ3v) is 5.42. The number of aryl methyl sites for hydroxylation is 1. The highest BCUT2D eigenvalue weighted by atomic mass is 19.4. The van der Waals surface area contributed by atoms with E-state index in [9.17, 15) is 31.1 Å². The largest absolute Gasteiger partial charge is 0.481 e. The highest BCUT2D eigenvalue weighted by Gasteiger charge is 2.49. The van der Waals surface area contributed by atoms with Crippen LogP contribution in [0.2, 0.25) is 0 Å². The van der Waals surface area contributed by atoms with Crippen LogP contribution in [0, 0.1) is 0 Å². The Balaban J connectivity index is 1.63. The molecule has 180 valence electrons. The van der Waals surface area contributed by atoms with Gasteiger partial charge in [0.1, 0.15) is 11.4 Å². The van der Waals surface area contributed by atoms with Crippen LogP contribution < -0.4 is 10.1 Å². The van der Waals surface area contributed by atoms with Gasteiger partial charge in [0.15, 0.2) is 5.69 Å². The van der Waals surface area contributed by atoms with Gasteiger partial charge in [-0.2, -0.15) is 31.4 Å². The van der Waals surface area contributed by atoms with Crippen LogP contribution in [0.4, 0.5) is 26.3 Å². The van der Waals surface area contributed by atoms with Crippen molar-refractivity contribution in [3.05, 3.63) is 59.2 Å². The molecule has 0 aromatic carbocycles. The minimum absolute atomic E-state index is 0.0710. The fourth-order valence-corrected chi connectivity index (χ4v) is 3.55. The summed E-state index contributed by atoms with van der Waals surface area (Å²) >= 11 is 0. The van der Waals surface area contributed by atoms with Gasteiger partial charge in [-0.1, -0.05) is 0 Å². The zero-order chi connectivity index (χ0) is 24.9. The summed E-state index contributed by atoms with van der Waals surface area (Å²) in [6.07, 6.45) is -7.37. The molecule has 1 aliphatic rings. The average Bonchev–Trinajstić information content (AvgIpc) is 3.43. The van der Waals surface area contributed by atoms with Gasteiger partial charge >= 0.3 is 12.4 Å². The first kappa shape index (κ1) is 23.5. The van der Waals surface area contributed by atoms with Crippen LogP contribution in [0.1, 0.15) is 40.3 Å². The Bertz CT molecular complexity index is 1250. The first-order valence-electron chi connectivity index (χ1n) is 9.87. The number of pyridine rings is 2. The number of halogens is 6. The quantitative estimate of drug-likeness (QED) is 0.544. The maximum atomic E-state index is 13.0. The van der Waals surface area contributed by atoms with E-state index in [0.29, 0.717) is 24.5 Å². The molecule has 34 heavy (non-hydrogen) atoms. The number of hydrogen-bond donors (Lipinski definition) is 1. The predicted molar refractivity (Wildman–Crippen MR) is 106 cm³/mol. The number of carbonyl (C=O) groups excluding carboxylic acids is 1. The van der Waals surface area contributed by atoms with Gasteiger partial charge < -0.3 is 10.1 Å². The topological polar surface area (TPSA) is 81.9 Å². The standard InChI is InChI=1S/C21H17F6N5O2/c1-32-14(10-16(31-32)21(25,26)27)17(33)30-19(6-7-19)12-3-4-13(29-18(12)34-2)11-5-8-28-15(9-11)20(22,23)24/h3-5,8-10H,6-7H2,1-2H3,(H,30,33). The van der Waals surface area contributed by atoms with E-state index < -0.39 is 35.2 Å². The van der Waals surface area contributed by atoms with Crippen LogP contribution in [0.25, 0.3) is 11.3 Å². The van der Waals surface area contributed by atoms with Gasteiger partial charge in [0.05, 0.1) is 18.3 Å². The molecule has 0 saturated heterocycles. The summed E-state index contributed by atoms with van der Waals surface area (Å²) in [6, 6.07) is 5.92. The Morgan fingerprint density at radius 3 is 2.29 bits per heavy atom. The molecule has 4 rings (SSSR count). The van der Waals surface area contributed by atoms with E-state index in [1.165, 1.54) is 26.3 Å². The third kappa shape index (κ3) is 4.41. The average molecular weight is 485 g/mol. The zero-order valence-corrected chi connectivity index (χ0v) is 17.8. The second kappa shape index (κ2) is 7.99. The van der Waals surface area contributed by atoms with E-state index in [-0.39, 0.29) is 22.8 Å². The number of methoxy groups -OCH3 is 1. The van der Waals surface area contributed by atoms with Crippen LogP contribution in [-0.4, -0.2) is 32.8 Å². The van der Waals surface area contributed by atoms with Crippen LogP contribution in [0.15, 0.2) is 36.5 Å². The summed E-state index contributed by atoms with van der Waals surface area (Å²) in [5.74, 6) is -0.695. The Hall–Kier alpha value is -3.64. The molecular formula is C21H17F6N5O2. The second-order valence-electron chi connectivity index (χ2n) is 7.75. The van der Waals surface area contributed by atoms with Gasteiger partial charge in [-0.05, 0) is 37.1 Å². The Morgan fingerprint density at radius 2 is 1.74 bits per heavy atom. The van der Waals surface area contributed by atoms with Crippen molar-refractivity contribution in [1.29, 1.82) is 0 Å². The molecule has 0 radical (unpaired) electrons. The van der Waals surface area contributed by atoms with E-state index in [4.69, 9.17) is 4.74 Å². The summed E-state index contributed by atoms with van der Waals surface area (Å²) in [5, 5.41) is 6.06. The molecule has 1 N–H and O–H groups in total. The number of nitrogens with zero attached hydrogens (tertiary/aromatic N) is 4. The molecule has 0 unspecified atom stereocenters. The summed E-state index contributed by atoms with van der Waals surface area (Å²) in [4.78, 5) is 20.4. The Labute approximate surface area is 188 Å². The molecule has 1 fully saturated rings. The zero-order valence-electron chi connectivity index (χ0n) is 17.8. The Kier molecular flexibility index (Phi) is 5.53. The number of carbonyl (C=O) groups is 1. The molecule has 1 saturated carbocycles. The van der Waals surface area contributed by atoms with E-state index in [1.807, 2.05) is 0 Å². The lowest BCUT2D eigenvalue weighted by Gasteiger charge is -2.20. The van der Waals surface area contributed by atoms with Crippen molar-refractivity contribution in [3.8, 4) is 17.1 Å². The van der Waals surface area contributed by atoms with Crippen LogP contribution >= 0.6 is 0 Å². The lowest BCUT2D eigenvalue weighted by molar-refractivity contribution is -0.142. The van der Waals surface area contributed by atoms with E-state index in [0.717, 1.165) is 16.9 Å². The monoisotopic (exact) mass is 485 g/mol. The third-order valence-electron chi connectivity index (χ3n) is 5.42. The van der Waals surface area contributed by atoms with Crippen LogP contribution in [0.5, 0.6) is 5.88 Å². The molecule has 0 aliphatic heterocycles. The van der Waals surface area contributed by atoms with Crippen LogP contribution in [-0.2, 0) is 24.9 Å². The fourth-order valence-electron chi connectivity index (χ4n) is 3.55. The molecule has 3 aromatic heterocycles. The molecule has 7 nitrogen and oxygen atoms in total. The highest BCUT2D eigenvalue weighted by Crippen LogP contribution is 2.49. The summed E-state index contributed by atoms with van der Waals surface area (Å²) in [6.45, 7) is 0. The molecule has 0 bridgehead atoms. The summed E-state index contributed by atoms with van der Waals surface area (Å²) < 4.78 is 83.9. The molecule has 0 atom stereocenters. The maximum absolute atomic E-state index is 13.0. The SMILES string of the molecule is COc1nc(-c2ccnc(C(F)(F)F)c2)ccc1C1(NC(=O)c2cc(C(F)(F)F)nn2C)CC1. The predicted octanol–water partition coefficient (Wildman–Crippen LogP) is 4.34.